The summed E-state index contributed by atoms with van der Waals surface area (Å²) < 4.78 is 0. The lowest BCUT2D eigenvalue weighted by molar-refractivity contribution is -0.165. The minimum Gasteiger partial charge on any atom is -0.481 e. The van der Waals surface area contributed by atoms with Gasteiger partial charge in [0.05, 0.1) is 11.5 Å². The first-order valence-electron chi connectivity index (χ1n) is 5.52. The van der Waals surface area contributed by atoms with E-state index in [2.05, 4.69) is 0 Å². The molecule has 0 amide bonds. The molecule has 1 aliphatic rings. The fourth-order valence-electron chi connectivity index (χ4n) is 2.56. The molecule has 3 heteroatoms. The highest BCUT2D eigenvalue weighted by molar-refractivity contribution is 5.77. The van der Waals surface area contributed by atoms with Crippen molar-refractivity contribution in [3.05, 3.63) is 35.9 Å². The van der Waals surface area contributed by atoms with Crippen LogP contribution < -0.4 is 0 Å². The van der Waals surface area contributed by atoms with Crippen molar-refractivity contribution in [1.82, 2.24) is 0 Å². The highest BCUT2D eigenvalue weighted by Crippen LogP contribution is 2.51. The van der Waals surface area contributed by atoms with E-state index in [-0.39, 0.29) is 5.92 Å². The second-order valence-electron chi connectivity index (χ2n) is 4.66. The molecule has 0 bridgehead atoms. The standard InChI is InChI=1S/C13H16O3/c1-9(10-5-3-2-4-6-10)13(12(15)16)7-11(14)8-13/h2-6,9,11,14H,7-8H2,1H3,(H,15,16). The van der Waals surface area contributed by atoms with Gasteiger partial charge in [-0.25, -0.2) is 0 Å². The topological polar surface area (TPSA) is 57.5 Å². The van der Waals surface area contributed by atoms with Gasteiger partial charge in [-0.15, -0.1) is 0 Å². The summed E-state index contributed by atoms with van der Waals surface area (Å²) >= 11 is 0. The Kier molecular flexibility index (Phi) is 2.72. The molecule has 1 aromatic carbocycles. The minimum absolute atomic E-state index is 0.0606. The molecule has 1 atom stereocenters. The Hall–Kier alpha value is -1.35. The number of carboxylic acid groups (broad SMARTS) is 1. The van der Waals surface area contributed by atoms with Crippen LogP contribution in [0, 0.1) is 5.41 Å². The summed E-state index contributed by atoms with van der Waals surface area (Å²) in [6.45, 7) is 1.93. The quantitative estimate of drug-likeness (QED) is 0.819. The summed E-state index contributed by atoms with van der Waals surface area (Å²) in [7, 11) is 0. The Balaban J connectivity index is 2.26. The summed E-state index contributed by atoms with van der Waals surface area (Å²) in [5, 5.41) is 18.7. The molecule has 86 valence electrons. The lowest BCUT2D eigenvalue weighted by Crippen LogP contribution is -2.50. The zero-order chi connectivity index (χ0) is 11.8. The summed E-state index contributed by atoms with van der Waals surface area (Å²) in [5.74, 6) is -0.858. The number of hydrogen-bond acceptors (Lipinski definition) is 2. The number of hydrogen-bond donors (Lipinski definition) is 2. The van der Waals surface area contributed by atoms with Crippen molar-refractivity contribution in [3.63, 3.8) is 0 Å². The molecule has 0 aromatic heterocycles. The molecule has 0 aliphatic heterocycles. The highest BCUT2D eigenvalue weighted by atomic mass is 16.4. The Morgan fingerprint density at radius 2 is 1.94 bits per heavy atom. The molecule has 0 heterocycles. The van der Waals surface area contributed by atoms with Crippen LogP contribution in [0.25, 0.3) is 0 Å². The van der Waals surface area contributed by atoms with Gasteiger partial charge in [-0.1, -0.05) is 37.3 Å². The summed E-state index contributed by atoms with van der Waals surface area (Å²) in [5.41, 5.74) is 0.248. The average Bonchev–Trinajstić information content (AvgIpc) is 2.24. The molecule has 1 aromatic rings. The zero-order valence-electron chi connectivity index (χ0n) is 9.26. The van der Waals surface area contributed by atoms with Gasteiger partial charge < -0.3 is 10.2 Å². The van der Waals surface area contributed by atoms with Crippen molar-refractivity contribution in [3.8, 4) is 0 Å². The number of rotatable bonds is 3. The number of carbonyl (C=O) groups is 1. The Labute approximate surface area is 94.7 Å². The molecule has 3 nitrogen and oxygen atoms in total. The van der Waals surface area contributed by atoms with Crippen LogP contribution >= 0.6 is 0 Å². The number of benzene rings is 1. The van der Waals surface area contributed by atoms with Crippen LogP contribution in [0.5, 0.6) is 0 Å². The molecule has 2 N–H and O–H groups in total. The number of aliphatic hydroxyl groups excluding tert-OH is 1. The predicted octanol–water partition coefficient (Wildman–Crippen LogP) is 2.02. The van der Waals surface area contributed by atoms with Crippen LogP contribution in [-0.2, 0) is 4.79 Å². The molecule has 0 saturated heterocycles. The van der Waals surface area contributed by atoms with Gasteiger partial charge in [-0.2, -0.15) is 0 Å². The van der Waals surface area contributed by atoms with E-state index in [1.54, 1.807) is 0 Å². The van der Waals surface area contributed by atoms with Gasteiger partial charge in [0, 0.05) is 0 Å². The van der Waals surface area contributed by atoms with Crippen LogP contribution in [0.3, 0.4) is 0 Å². The largest absolute Gasteiger partial charge is 0.481 e. The SMILES string of the molecule is CC(c1ccccc1)C1(C(=O)O)CC(O)C1. The van der Waals surface area contributed by atoms with Crippen molar-refractivity contribution in [2.45, 2.75) is 31.8 Å². The van der Waals surface area contributed by atoms with E-state index in [4.69, 9.17) is 0 Å². The van der Waals surface area contributed by atoms with Crippen LogP contribution in [0.15, 0.2) is 30.3 Å². The summed E-state index contributed by atoms with van der Waals surface area (Å²) in [6, 6.07) is 9.63. The first-order valence-corrected chi connectivity index (χ1v) is 5.52. The minimum atomic E-state index is -0.797. The molecule has 0 spiro atoms. The van der Waals surface area contributed by atoms with Crippen LogP contribution in [0.2, 0.25) is 0 Å². The third-order valence-electron chi connectivity index (χ3n) is 3.75. The predicted molar refractivity (Wildman–Crippen MR) is 60.2 cm³/mol. The maximum atomic E-state index is 11.4. The van der Waals surface area contributed by atoms with Crippen molar-refractivity contribution in [2.75, 3.05) is 0 Å². The van der Waals surface area contributed by atoms with E-state index >= 15 is 0 Å². The Morgan fingerprint density at radius 3 is 2.38 bits per heavy atom. The Morgan fingerprint density at radius 1 is 1.38 bits per heavy atom. The first-order chi connectivity index (χ1) is 7.56. The van der Waals surface area contributed by atoms with Gasteiger partial charge in [0.2, 0.25) is 0 Å². The molecule has 16 heavy (non-hydrogen) atoms. The van der Waals surface area contributed by atoms with Crippen molar-refractivity contribution < 1.29 is 15.0 Å². The molecular formula is C13H16O3. The van der Waals surface area contributed by atoms with Gasteiger partial charge in [0.15, 0.2) is 0 Å². The van der Waals surface area contributed by atoms with Gasteiger partial charge in [-0.05, 0) is 24.3 Å². The fraction of sp³-hybridized carbons (Fsp3) is 0.462. The third kappa shape index (κ3) is 1.61. The van der Waals surface area contributed by atoms with Crippen LogP contribution in [0.1, 0.15) is 31.2 Å². The smallest absolute Gasteiger partial charge is 0.310 e. The van der Waals surface area contributed by atoms with Crippen molar-refractivity contribution in [1.29, 1.82) is 0 Å². The van der Waals surface area contributed by atoms with Crippen LogP contribution in [-0.4, -0.2) is 22.3 Å². The fourth-order valence-corrected chi connectivity index (χ4v) is 2.56. The second-order valence-corrected chi connectivity index (χ2v) is 4.66. The van der Waals surface area contributed by atoms with Crippen molar-refractivity contribution >= 4 is 5.97 Å². The van der Waals surface area contributed by atoms with Crippen molar-refractivity contribution in [2.24, 2.45) is 5.41 Å². The van der Waals surface area contributed by atoms with E-state index in [0.717, 1.165) is 5.56 Å². The van der Waals surface area contributed by atoms with Gasteiger partial charge in [-0.3, -0.25) is 4.79 Å². The molecule has 0 radical (unpaired) electrons. The van der Waals surface area contributed by atoms with Crippen LogP contribution in [0.4, 0.5) is 0 Å². The Bertz CT molecular complexity index is 379. The maximum Gasteiger partial charge on any atom is 0.310 e. The number of aliphatic carboxylic acids is 1. The molecule has 1 saturated carbocycles. The van der Waals surface area contributed by atoms with Gasteiger partial charge in [0.1, 0.15) is 0 Å². The number of aliphatic hydroxyl groups is 1. The average molecular weight is 220 g/mol. The monoisotopic (exact) mass is 220 g/mol. The zero-order valence-corrected chi connectivity index (χ0v) is 9.26. The van der Waals surface area contributed by atoms with Gasteiger partial charge in [0.25, 0.3) is 0 Å². The van der Waals surface area contributed by atoms with E-state index in [1.807, 2.05) is 37.3 Å². The molecule has 1 unspecified atom stereocenters. The molecule has 1 fully saturated rings. The lowest BCUT2D eigenvalue weighted by Gasteiger charge is -2.46. The number of carboxylic acids is 1. The third-order valence-corrected chi connectivity index (χ3v) is 3.75. The normalized spacial score (nSPS) is 30.5. The highest BCUT2D eigenvalue weighted by Gasteiger charge is 2.53. The molecule has 2 rings (SSSR count). The van der Waals surface area contributed by atoms with E-state index in [1.165, 1.54) is 0 Å². The molecule has 1 aliphatic carbocycles. The van der Waals surface area contributed by atoms with E-state index in [9.17, 15) is 15.0 Å². The second kappa shape index (κ2) is 3.91. The van der Waals surface area contributed by atoms with E-state index < -0.39 is 17.5 Å². The summed E-state index contributed by atoms with van der Waals surface area (Å²) in [4.78, 5) is 11.4. The maximum absolute atomic E-state index is 11.4. The van der Waals surface area contributed by atoms with Gasteiger partial charge >= 0.3 is 5.97 Å². The molecular weight excluding hydrogens is 204 g/mol. The lowest BCUT2D eigenvalue weighted by atomic mass is 9.58. The summed E-state index contributed by atoms with van der Waals surface area (Å²) in [6.07, 6.45) is 0.263. The first kappa shape index (κ1) is 11.1. The van der Waals surface area contributed by atoms with E-state index in [0.29, 0.717) is 12.8 Å².